The number of sulfonamides is 1. The van der Waals surface area contributed by atoms with Crippen LogP contribution < -0.4 is 14.2 Å². The van der Waals surface area contributed by atoms with Crippen molar-refractivity contribution in [3.8, 4) is 17.6 Å². The van der Waals surface area contributed by atoms with Gasteiger partial charge in [0.2, 0.25) is 10.0 Å². The van der Waals surface area contributed by atoms with Crippen molar-refractivity contribution in [3.05, 3.63) is 53.6 Å². The van der Waals surface area contributed by atoms with Gasteiger partial charge in [0.05, 0.1) is 10.5 Å². The van der Waals surface area contributed by atoms with Crippen molar-refractivity contribution in [2.24, 2.45) is 0 Å². The van der Waals surface area contributed by atoms with E-state index in [0.717, 1.165) is 5.56 Å². The van der Waals surface area contributed by atoms with Gasteiger partial charge in [0.1, 0.15) is 19.3 Å². The average molecular weight is 344 g/mol. The van der Waals surface area contributed by atoms with Gasteiger partial charge in [-0.2, -0.15) is 5.26 Å². The highest BCUT2D eigenvalue weighted by Gasteiger charge is 2.18. The van der Waals surface area contributed by atoms with Crippen molar-refractivity contribution in [2.45, 2.75) is 11.3 Å². The number of rotatable bonds is 5. The highest BCUT2D eigenvalue weighted by atomic mass is 32.2. The van der Waals surface area contributed by atoms with Gasteiger partial charge < -0.3 is 9.47 Å². The van der Waals surface area contributed by atoms with Crippen molar-refractivity contribution >= 4 is 10.0 Å². The summed E-state index contributed by atoms with van der Waals surface area (Å²) in [5, 5.41) is 9.03. The van der Waals surface area contributed by atoms with E-state index in [4.69, 9.17) is 14.7 Å². The summed E-state index contributed by atoms with van der Waals surface area (Å²) in [6, 6.07) is 13.6. The van der Waals surface area contributed by atoms with Gasteiger partial charge >= 0.3 is 0 Å². The second kappa shape index (κ2) is 6.91. The molecule has 0 saturated carbocycles. The van der Waals surface area contributed by atoms with E-state index in [-0.39, 0.29) is 17.0 Å². The van der Waals surface area contributed by atoms with Gasteiger partial charge in [0.15, 0.2) is 11.5 Å². The minimum Gasteiger partial charge on any atom is -0.486 e. The topological polar surface area (TPSA) is 88.4 Å². The predicted molar refractivity (Wildman–Crippen MR) is 87.5 cm³/mol. The van der Waals surface area contributed by atoms with Gasteiger partial charge in [-0.3, -0.25) is 0 Å². The molecule has 2 aromatic rings. The molecule has 0 amide bonds. The molecule has 2 aromatic carbocycles. The number of nitrogens with zero attached hydrogens (tertiary/aromatic N) is 1. The fourth-order valence-electron chi connectivity index (χ4n) is 2.44. The number of hydrogen-bond donors (Lipinski definition) is 1. The van der Waals surface area contributed by atoms with E-state index < -0.39 is 10.0 Å². The molecular formula is C17H16N2O4S. The van der Waals surface area contributed by atoms with Crippen molar-refractivity contribution < 1.29 is 17.9 Å². The molecule has 0 bridgehead atoms. The van der Waals surface area contributed by atoms with Crippen LogP contribution in [0.3, 0.4) is 0 Å². The molecule has 24 heavy (non-hydrogen) atoms. The summed E-state index contributed by atoms with van der Waals surface area (Å²) < 4.78 is 38.1. The number of benzene rings is 2. The molecule has 0 saturated heterocycles. The number of ether oxygens (including phenoxy) is 2. The van der Waals surface area contributed by atoms with E-state index >= 15 is 0 Å². The molecule has 0 radical (unpaired) electrons. The molecule has 1 aliphatic rings. The van der Waals surface area contributed by atoms with E-state index in [1.165, 1.54) is 12.1 Å². The first-order valence-electron chi connectivity index (χ1n) is 7.47. The Morgan fingerprint density at radius 1 is 1.08 bits per heavy atom. The number of hydrogen-bond acceptors (Lipinski definition) is 5. The van der Waals surface area contributed by atoms with Crippen LogP contribution in [0.25, 0.3) is 0 Å². The van der Waals surface area contributed by atoms with Crippen LogP contribution in [0.1, 0.15) is 11.1 Å². The molecule has 0 aliphatic carbocycles. The first-order chi connectivity index (χ1) is 11.6. The summed E-state index contributed by atoms with van der Waals surface area (Å²) in [7, 11) is -3.72. The van der Waals surface area contributed by atoms with Crippen molar-refractivity contribution in [3.63, 3.8) is 0 Å². The van der Waals surface area contributed by atoms with Crippen molar-refractivity contribution in [2.75, 3.05) is 19.8 Å². The Hall–Kier alpha value is -2.56. The lowest BCUT2D eigenvalue weighted by Crippen LogP contribution is -2.26. The normalized spacial score (nSPS) is 13.3. The second-order valence-electron chi connectivity index (χ2n) is 5.23. The molecule has 124 valence electrons. The van der Waals surface area contributed by atoms with Gasteiger partial charge in [0.25, 0.3) is 0 Å². The SMILES string of the molecule is N#Cc1ccccc1S(=O)(=O)NCCc1ccc2c(c1)OCCO2. The van der Waals surface area contributed by atoms with Crippen LogP contribution in [0.2, 0.25) is 0 Å². The quantitative estimate of drug-likeness (QED) is 0.894. The van der Waals surface area contributed by atoms with Gasteiger partial charge in [0, 0.05) is 6.54 Å². The summed E-state index contributed by atoms with van der Waals surface area (Å²) in [4.78, 5) is -0.00493. The molecule has 7 heteroatoms. The minimum absolute atomic E-state index is 0.00493. The lowest BCUT2D eigenvalue weighted by atomic mass is 10.1. The zero-order chi connectivity index (χ0) is 17.0. The van der Waals surface area contributed by atoms with E-state index in [9.17, 15) is 8.42 Å². The number of fused-ring (bicyclic) bond motifs is 1. The standard InChI is InChI=1S/C17H16N2O4S/c18-12-14-3-1-2-4-17(14)24(20,21)19-8-7-13-5-6-15-16(11-13)23-10-9-22-15/h1-6,11,19H,7-10H2. The molecule has 0 spiro atoms. The largest absolute Gasteiger partial charge is 0.486 e. The maximum atomic E-state index is 12.3. The third-order valence-corrected chi connectivity index (χ3v) is 5.13. The Balaban J connectivity index is 1.67. The van der Waals surface area contributed by atoms with Gasteiger partial charge in [-0.25, -0.2) is 13.1 Å². The van der Waals surface area contributed by atoms with Crippen LogP contribution in [0.4, 0.5) is 0 Å². The molecule has 0 aromatic heterocycles. The van der Waals surface area contributed by atoms with Gasteiger partial charge in [-0.15, -0.1) is 0 Å². The van der Waals surface area contributed by atoms with Crippen molar-refractivity contribution in [1.82, 2.24) is 4.72 Å². The third-order valence-electron chi connectivity index (χ3n) is 3.61. The average Bonchev–Trinajstić information content (AvgIpc) is 2.61. The highest BCUT2D eigenvalue weighted by molar-refractivity contribution is 7.89. The fourth-order valence-corrected chi connectivity index (χ4v) is 3.63. The van der Waals surface area contributed by atoms with Crippen LogP contribution >= 0.6 is 0 Å². The van der Waals surface area contributed by atoms with Crippen LogP contribution in [-0.2, 0) is 16.4 Å². The van der Waals surface area contributed by atoms with E-state index in [1.54, 1.807) is 12.1 Å². The van der Waals surface area contributed by atoms with E-state index in [2.05, 4.69) is 4.72 Å². The molecule has 1 N–H and O–H groups in total. The minimum atomic E-state index is -3.72. The molecule has 1 aliphatic heterocycles. The summed E-state index contributed by atoms with van der Waals surface area (Å²) in [5.41, 5.74) is 1.07. The first-order valence-corrected chi connectivity index (χ1v) is 8.96. The zero-order valence-corrected chi connectivity index (χ0v) is 13.7. The van der Waals surface area contributed by atoms with Crippen LogP contribution in [0.5, 0.6) is 11.5 Å². The zero-order valence-electron chi connectivity index (χ0n) is 12.9. The molecule has 6 nitrogen and oxygen atoms in total. The first kappa shape index (κ1) is 16.3. The molecule has 1 heterocycles. The van der Waals surface area contributed by atoms with Crippen molar-refractivity contribution in [1.29, 1.82) is 5.26 Å². The summed E-state index contributed by atoms with van der Waals surface area (Å²) >= 11 is 0. The Morgan fingerprint density at radius 3 is 2.62 bits per heavy atom. The number of nitrogens with one attached hydrogen (secondary N) is 1. The molecule has 0 unspecified atom stereocenters. The summed E-state index contributed by atoms with van der Waals surface area (Å²) in [5.74, 6) is 1.38. The maximum absolute atomic E-state index is 12.3. The molecule has 0 atom stereocenters. The van der Waals surface area contributed by atoms with E-state index in [0.29, 0.717) is 31.1 Å². The van der Waals surface area contributed by atoms with Crippen LogP contribution in [0.15, 0.2) is 47.4 Å². The smallest absolute Gasteiger partial charge is 0.241 e. The maximum Gasteiger partial charge on any atom is 0.241 e. The predicted octanol–water partition coefficient (Wildman–Crippen LogP) is 1.85. The fraction of sp³-hybridized carbons (Fsp3) is 0.235. The molecule has 3 rings (SSSR count). The third kappa shape index (κ3) is 3.50. The Bertz CT molecular complexity index is 888. The monoisotopic (exact) mass is 344 g/mol. The Morgan fingerprint density at radius 2 is 1.83 bits per heavy atom. The summed E-state index contributed by atoms with van der Waals surface area (Å²) in [6.45, 7) is 1.26. The lowest BCUT2D eigenvalue weighted by Gasteiger charge is -2.18. The second-order valence-corrected chi connectivity index (χ2v) is 6.97. The van der Waals surface area contributed by atoms with Crippen LogP contribution in [0, 0.1) is 11.3 Å². The number of nitriles is 1. The molecule has 0 fully saturated rings. The molecular weight excluding hydrogens is 328 g/mol. The lowest BCUT2D eigenvalue weighted by molar-refractivity contribution is 0.171. The summed E-state index contributed by atoms with van der Waals surface area (Å²) in [6.07, 6.45) is 0.505. The van der Waals surface area contributed by atoms with Crippen LogP contribution in [-0.4, -0.2) is 28.2 Å². The van der Waals surface area contributed by atoms with Gasteiger partial charge in [-0.1, -0.05) is 18.2 Å². The Labute approximate surface area is 140 Å². The van der Waals surface area contributed by atoms with E-state index in [1.807, 2.05) is 24.3 Å². The highest BCUT2D eigenvalue weighted by Crippen LogP contribution is 2.30. The Kier molecular flexibility index (Phi) is 4.69. The van der Waals surface area contributed by atoms with Gasteiger partial charge in [-0.05, 0) is 36.2 Å².